The smallest absolute Gasteiger partial charge is 0.419 e. The number of hydrogen-bond acceptors (Lipinski definition) is 5. The van der Waals surface area contributed by atoms with Crippen LogP contribution >= 0.6 is 0 Å². The van der Waals surface area contributed by atoms with E-state index in [0.717, 1.165) is 23.0 Å². The van der Waals surface area contributed by atoms with E-state index in [1.165, 1.54) is 32.5 Å². The number of hydrogen-bond donors (Lipinski definition) is 2. The Balaban J connectivity index is 0.000000375. The minimum absolute atomic E-state index is 0.0124. The Hall–Kier alpha value is -3.66. The zero-order valence-corrected chi connectivity index (χ0v) is 20.1. The Bertz CT molecular complexity index is 1390. The molecule has 0 spiro atoms. The number of phenols is 1. The molecule has 0 amide bonds. The number of H-pyrrole nitrogens is 1. The molecule has 3 aromatic heterocycles. The summed E-state index contributed by atoms with van der Waals surface area (Å²) in [6.07, 6.45) is 3.77. The number of nitrogens with one attached hydrogen (secondary N) is 1. The molecule has 190 valence electrons. The van der Waals surface area contributed by atoms with E-state index in [1.54, 1.807) is 6.20 Å². The molecule has 0 bridgehead atoms. The second-order valence-electron chi connectivity index (χ2n) is 8.84. The first-order valence-electron chi connectivity index (χ1n) is 11.8. The third kappa shape index (κ3) is 5.93. The largest absolute Gasteiger partial charge is 0.507 e. The van der Waals surface area contributed by atoms with Crippen LogP contribution in [0, 0.1) is 6.92 Å². The highest BCUT2D eigenvalue weighted by atomic mass is 19.4. The number of alkyl halides is 3. The second kappa shape index (κ2) is 10.5. The average Bonchev–Trinajstić information content (AvgIpc) is 3.51. The molecule has 0 unspecified atom stereocenters. The molecule has 1 aliphatic heterocycles. The number of halogens is 3. The zero-order valence-electron chi connectivity index (χ0n) is 20.1. The Morgan fingerprint density at radius 1 is 1.14 bits per heavy atom. The normalized spacial score (nSPS) is 14.1. The third-order valence-corrected chi connectivity index (χ3v) is 6.11. The molecule has 36 heavy (non-hydrogen) atoms. The fourth-order valence-electron chi connectivity index (χ4n) is 4.15. The molecule has 1 aliphatic rings. The van der Waals surface area contributed by atoms with Crippen molar-refractivity contribution in [3.63, 3.8) is 0 Å². The van der Waals surface area contributed by atoms with Gasteiger partial charge in [-0.25, -0.2) is 9.97 Å². The Morgan fingerprint density at radius 2 is 1.89 bits per heavy atom. The van der Waals surface area contributed by atoms with Crippen LogP contribution in [0.4, 0.5) is 13.2 Å². The van der Waals surface area contributed by atoms with Crippen molar-refractivity contribution in [1.82, 2.24) is 24.4 Å². The molecular formula is C26H28F3N5O2. The topological polar surface area (TPSA) is 87.0 Å². The summed E-state index contributed by atoms with van der Waals surface area (Å²) in [5.74, 6) is 0.0153. The van der Waals surface area contributed by atoms with Gasteiger partial charge in [0.15, 0.2) is 0 Å². The Kier molecular flexibility index (Phi) is 7.44. The lowest BCUT2D eigenvalue weighted by Gasteiger charge is -2.10. The van der Waals surface area contributed by atoms with Crippen LogP contribution in [-0.2, 0) is 12.6 Å². The van der Waals surface area contributed by atoms with Crippen LogP contribution in [0.5, 0.6) is 5.75 Å². The summed E-state index contributed by atoms with van der Waals surface area (Å²) in [5.41, 5.74) is -0.128. The van der Waals surface area contributed by atoms with Crippen molar-refractivity contribution in [2.75, 3.05) is 19.6 Å². The molecule has 7 nitrogen and oxygen atoms in total. The summed E-state index contributed by atoms with van der Waals surface area (Å²) >= 11 is 0. The van der Waals surface area contributed by atoms with Gasteiger partial charge in [-0.1, -0.05) is 13.0 Å². The molecular weight excluding hydrogens is 471 g/mol. The van der Waals surface area contributed by atoms with Crippen LogP contribution in [0.15, 0.2) is 53.7 Å². The molecule has 2 N–H and O–H groups in total. The van der Waals surface area contributed by atoms with E-state index < -0.39 is 23.0 Å². The van der Waals surface area contributed by atoms with Gasteiger partial charge in [0.2, 0.25) is 0 Å². The molecule has 1 fully saturated rings. The molecule has 5 rings (SSSR count). The van der Waals surface area contributed by atoms with Crippen LogP contribution in [0.1, 0.15) is 42.3 Å². The maximum Gasteiger partial charge on any atom is 0.419 e. The van der Waals surface area contributed by atoms with Gasteiger partial charge in [-0.2, -0.15) is 13.2 Å². The Labute approximate surface area is 206 Å². The van der Waals surface area contributed by atoms with Crippen molar-refractivity contribution in [1.29, 1.82) is 0 Å². The van der Waals surface area contributed by atoms with Gasteiger partial charge in [0.25, 0.3) is 5.56 Å². The number of aromatic amines is 1. The molecule has 0 radical (unpaired) electrons. The van der Waals surface area contributed by atoms with Crippen LogP contribution < -0.4 is 5.56 Å². The fraction of sp³-hybridized carbons (Fsp3) is 0.346. The molecule has 1 aromatic carbocycles. The van der Waals surface area contributed by atoms with Gasteiger partial charge in [0.1, 0.15) is 17.4 Å². The lowest BCUT2D eigenvalue weighted by atomic mass is 10.1. The molecule has 10 heteroatoms. The van der Waals surface area contributed by atoms with Crippen LogP contribution in [0.2, 0.25) is 0 Å². The van der Waals surface area contributed by atoms with Gasteiger partial charge in [0.05, 0.1) is 16.5 Å². The summed E-state index contributed by atoms with van der Waals surface area (Å²) in [6, 6.07) is 7.06. The standard InChI is InChI=1S/C20H15F3N4O2.C6H13N/c1-11-4-5-27(10-11)18-3-2-12(9-24-18)6-17-25-15-8-16(28)14(20(21,22)23)7-13(15)19(29)26-17;1-2-7-5-3-4-6-7/h2-5,7-10,28H,6H2,1H3,(H,25,26,29);2-6H2,1H3. The summed E-state index contributed by atoms with van der Waals surface area (Å²) in [5, 5.41) is 9.43. The lowest BCUT2D eigenvalue weighted by Crippen LogP contribution is -2.17. The van der Waals surface area contributed by atoms with E-state index in [1.807, 2.05) is 42.1 Å². The fourth-order valence-corrected chi connectivity index (χ4v) is 4.15. The molecule has 0 atom stereocenters. The number of pyridine rings is 1. The maximum absolute atomic E-state index is 12.9. The van der Waals surface area contributed by atoms with Crippen LogP contribution in [-0.4, -0.2) is 49.2 Å². The van der Waals surface area contributed by atoms with Gasteiger partial charge in [-0.3, -0.25) is 4.79 Å². The van der Waals surface area contributed by atoms with Crippen molar-refractivity contribution in [3.8, 4) is 11.6 Å². The second-order valence-corrected chi connectivity index (χ2v) is 8.84. The highest BCUT2D eigenvalue weighted by Crippen LogP contribution is 2.37. The van der Waals surface area contributed by atoms with Crippen LogP contribution in [0.3, 0.4) is 0 Å². The van der Waals surface area contributed by atoms with E-state index in [-0.39, 0.29) is 23.1 Å². The van der Waals surface area contributed by atoms with Gasteiger partial charge >= 0.3 is 6.18 Å². The van der Waals surface area contributed by atoms with Crippen molar-refractivity contribution < 1.29 is 18.3 Å². The number of aromatic nitrogens is 4. The first kappa shape index (κ1) is 25.4. The van der Waals surface area contributed by atoms with Gasteiger partial charge < -0.3 is 19.6 Å². The molecule has 4 aromatic rings. The third-order valence-electron chi connectivity index (χ3n) is 6.11. The van der Waals surface area contributed by atoms with E-state index in [9.17, 15) is 23.1 Å². The SMILES string of the molecule is CCN1CCCC1.Cc1ccn(-c2ccc(Cc3nc4cc(O)c(C(F)(F)F)cc4c(=O)[nH]3)cn2)c1. The van der Waals surface area contributed by atoms with Crippen molar-refractivity contribution >= 4 is 10.9 Å². The van der Waals surface area contributed by atoms with Gasteiger partial charge in [-0.15, -0.1) is 0 Å². The number of benzene rings is 1. The number of fused-ring (bicyclic) bond motifs is 1. The van der Waals surface area contributed by atoms with Gasteiger partial charge in [0, 0.05) is 31.1 Å². The van der Waals surface area contributed by atoms with E-state index in [0.29, 0.717) is 6.07 Å². The van der Waals surface area contributed by atoms with E-state index in [4.69, 9.17) is 0 Å². The van der Waals surface area contributed by atoms with Crippen molar-refractivity contribution in [2.24, 2.45) is 0 Å². The van der Waals surface area contributed by atoms with E-state index in [2.05, 4.69) is 26.8 Å². The highest BCUT2D eigenvalue weighted by molar-refractivity contribution is 5.80. The minimum atomic E-state index is -4.77. The monoisotopic (exact) mass is 499 g/mol. The van der Waals surface area contributed by atoms with E-state index >= 15 is 0 Å². The quantitative estimate of drug-likeness (QED) is 0.420. The number of aromatic hydroxyl groups is 1. The number of rotatable bonds is 4. The summed E-state index contributed by atoms with van der Waals surface area (Å²) in [7, 11) is 0. The number of phenolic OH excluding ortho intramolecular Hbond substituents is 1. The van der Waals surface area contributed by atoms with Gasteiger partial charge in [-0.05, 0) is 68.7 Å². The number of aryl methyl sites for hydroxylation is 1. The van der Waals surface area contributed by atoms with Crippen LogP contribution in [0.25, 0.3) is 16.7 Å². The summed E-state index contributed by atoms with van der Waals surface area (Å²) in [6.45, 7) is 8.14. The molecule has 0 saturated carbocycles. The first-order valence-corrected chi connectivity index (χ1v) is 11.8. The Morgan fingerprint density at radius 3 is 2.44 bits per heavy atom. The predicted molar refractivity (Wildman–Crippen MR) is 131 cm³/mol. The number of likely N-dealkylation sites (tertiary alicyclic amines) is 1. The molecule has 0 aliphatic carbocycles. The predicted octanol–water partition coefficient (Wildman–Crippen LogP) is 4.83. The zero-order chi connectivity index (χ0) is 25.9. The summed E-state index contributed by atoms with van der Waals surface area (Å²) in [4.78, 5) is 25.8. The molecule has 4 heterocycles. The van der Waals surface area contributed by atoms with Crippen molar-refractivity contribution in [3.05, 3.63) is 81.8 Å². The number of nitrogens with zero attached hydrogens (tertiary/aromatic N) is 4. The average molecular weight is 500 g/mol. The maximum atomic E-state index is 12.9. The summed E-state index contributed by atoms with van der Waals surface area (Å²) < 4.78 is 40.7. The lowest BCUT2D eigenvalue weighted by molar-refractivity contribution is -0.138. The molecule has 1 saturated heterocycles. The van der Waals surface area contributed by atoms with Crippen molar-refractivity contribution in [2.45, 2.75) is 39.3 Å². The minimum Gasteiger partial charge on any atom is -0.507 e. The highest BCUT2D eigenvalue weighted by Gasteiger charge is 2.34. The first-order chi connectivity index (χ1) is 17.1.